The van der Waals surface area contributed by atoms with Crippen LogP contribution in [0.2, 0.25) is 0 Å². The lowest BCUT2D eigenvalue weighted by molar-refractivity contribution is 0.167. The summed E-state index contributed by atoms with van der Waals surface area (Å²) in [6.45, 7) is 13.0. The van der Waals surface area contributed by atoms with Crippen LogP contribution in [0.4, 0.5) is 0 Å². The third-order valence-electron chi connectivity index (χ3n) is 3.65. The van der Waals surface area contributed by atoms with Crippen molar-refractivity contribution < 1.29 is 0 Å². The summed E-state index contributed by atoms with van der Waals surface area (Å²) in [5.41, 5.74) is 0.449. The van der Waals surface area contributed by atoms with E-state index in [9.17, 15) is 0 Å². The van der Waals surface area contributed by atoms with Gasteiger partial charge in [-0.2, -0.15) is 0 Å². The normalized spacial score (nSPS) is 23.2. The molecule has 1 aliphatic heterocycles. The van der Waals surface area contributed by atoms with Gasteiger partial charge in [0.25, 0.3) is 0 Å². The van der Waals surface area contributed by atoms with Crippen LogP contribution in [0.15, 0.2) is 0 Å². The standard InChI is InChI=1S/C13H28N2/c1-5-9-14-12(2)7-11-15-10-6-8-13(15,3)4/h12,14H,5-11H2,1-4H3. The van der Waals surface area contributed by atoms with Gasteiger partial charge in [0.15, 0.2) is 0 Å². The van der Waals surface area contributed by atoms with Crippen LogP contribution in [0.1, 0.15) is 53.4 Å². The van der Waals surface area contributed by atoms with Gasteiger partial charge in [0.05, 0.1) is 0 Å². The van der Waals surface area contributed by atoms with E-state index in [1.54, 1.807) is 0 Å². The summed E-state index contributed by atoms with van der Waals surface area (Å²) in [4.78, 5) is 2.65. The van der Waals surface area contributed by atoms with E-state index in [0.717, 1.165) is 6.54 Å². The van der Waals surface area contributed by atoms with Crippen molar-refractivity contribution in [2.75, 3.05) is 19.6 Å². The molecule has 90 valence electrons. The van der Waals surface area contributed by atoms with Gasteiger partial charge in [-0.3, -0.25) is 4.90 Å². The topological polar surface area (TPSA) is 15.3 Å². The highest BCUT2D eigenvalue weighted by Crippen LogP contribution is 2.28. The van der Waals surface area contributed by atoms with E-state index in [0.29, 0.717) is 11.6 Å². The molecule has 1 rings (SSSR count). The molecule has 1 saturated heterocycles. The first-order chi connectivity index (χ1) is 7.06. The van der Waals surface area contributed by atoms with Gasteiger partial charge in [-0.25, -0.2) is 0 Å². The molecule has 0 amide bonds. The second kappa shape index (κ2) is 5.86. The Morgan fingerprint density at radius 3 is 2.67 bits per heavy atom. The molecule has 1 atom stereocenters. The quantitative estimate of drug-likeness (QED) is 0.728. The maximum absolute atomic E-state index is 3.56. The monoisotopic (exact) mass is 212 g/mol. The summed E-state index contributed by atoms with van der Waals surface area (Å²) in [7, 11) is 0. The molecule has 0 aromatic heterocycles. The van der Waals surface area contributed by atoms with Crippen molar-refractivity contribution in [3.8, 4) is 0 Å². The van der Waals surface area contributed by atoms with Crippen molar-refractivity contribution in [1.82, 2.24) is 10.2 Å². The fraction of sp³-hybridized carbons (Fsp3) is 1.00. The van der Waals surface area contributed by atoms with Gasteiger partial charge in [-0.15, -0.1) is 0 Å². The zero-order valence-electron chi connectivity index (χ0n) is 11.0. The number of rotatable bonds is 6. The molecule has 0 aromatic carbocycles. The Morgan fingerprint density at radius 2 is 2.13 bits per heavy atom. The molecule has 2 heteroatoms. The Morgan fingerprint density at radius 1 is 1.40 bits per heavy atom. The van der Waals surface area contributed by atoms with Gasteiger partial charge < -0.3 is 5.32 Å². The minimum Gasteiger partial charge on any atom is -0.314 e. The van der Waals surface area contributed by atoms with Crippen LogP contribution in [0.3, 0.4) is 0 Å². The molecule has 0 aromatic rings. The molecule has 0 aliphatic carbocycles. The highest BCUT2D eigenvalue weighted by molar-refractivity contribution is 4.88. The predicted molar refractivity (Wildman–Crippen MR) is 67.3 cm³/mol. The first-order valence-corrected chi connectivity index (χ1v) is 6.54. The van der Waals surface area contributed by atoms with Gasteiger partial charge in [0, 0.05) is 18.1 Å². The summed E-state index contributed by atoms with van der Waals surface area (Å²) >= 11 is 0. The smallest absolute Gasteiger partial charge is 0.0153 e. The van der Waals surface area contributed by atoms with Crippen molar-refractivity contribution >= 4 is 0 Å². The largest absolute Gasteiger partial charge is 0.314 e. The number of hydrogen-bond donors (Lipinski definition) is 1. The molecule has 1 heterocycles. The summed E-state index contributed by atoms with van der Waals surface area (Å²) in [6.07, 6.45) is 5.26. The van der Waals surface area contributed by atoms with E-state index in [1.165, 1.54) is 38.8 Å². The van der Waals surface area contributed by atoms with Crippen LogP contribution >= 0.6 is 0 Å². The van der Waals surface area contributed by atoms with Crippen molar-refractivity contribution in [2.24, 2.45) is 0 Å². The number of nitrogens with one attached hydrogen (secondary N) is 1. The lowest BCUT2D eigenvalue weighted by Gasteiger charge is -2.32. The van der Waals surface area contributed by atoms with Crippen molar-refractivity contribution in [3.05, 3.63) is 0 Å². The Balaban J connectivity index is 2.19. The van der Waals surface area contributed by atoms with E-state index in [-0.39, 0.29) is 0 Å². The first kappa shape index (κ1) is 13.0. The molecular weight excluding hydrogens is 184 g/mol. The van der Waals surface area contributed by atoms with Crippen LogP contribution in [-0.2, 0) is 0 Å². The summed E-state index contributed by atoms with van der Waals surface area (Å²) in [5, 5.41) is 3.56. The first-order valence-electron chi connectivity index (χ1n) is 6.54. The minimum atomic E-state index is 0.449. The molecule has 1 aliphatic rings. The Bertz CT molecular complexity index is 177. The second-order valence-corrected chi connectivity index (χ2v) is 5.55. The Hall–Kier alpha value is -0.0800. The molecule has 1 N–H and O–H groups in total. The third kappa shape index (κ3) is 4.12. The zero-order valence-corrected chi connectivity index (χ0v) is 11.0. The van der Waals surface area contributed by atoms with E-state index in [2.05, 4.69) is 37.9 Å². The van der Waals surface area contributed by atoms with Crippen LogP contribution < -0.4 is 5.32 Å². The molecule has 15 heavy (non-hydrogen) atoms. The predicted octanol–water partition coefficient (Wildman–Crippen LogP) is 2.64. The maximum Gasteiger partial charge on any atom is 0.0153 e. The lowest BCUT2D eigenvalue weighted by atomic mass is 10.0. The number of hydrogen-bond acceptors (Lipinski definition) is 2. The molecule has 2 nitrogen and oxygen atoms in total. The average Bonchev–Trinajstić information content (AvgIpc) is 2.51. The van der Waals surface area contributed by atoms with Gasteiger partial charge in [-0.1, -0.05) is 6.92 Å². The lowest BCUT2D eigenvalue weighted by Crippen LogP contribution is -2.41. The Kier molecular flexibility index (Phi) is 5.07. The third-order valence-corrected chi connectivity index (χ3v) is 3.65. The van der Waals surface area contributed by atoms with Crippen LogP contribution in [0, 0.1) is 0 Å². The van der Waals surface area contributed by atoms with Gasteiger partial charge in [0.1, 0.15) is 0 Å². The summed E-state index contributed by atoms with van der Waals surface area (Å²) in [5.74, 6) is 0. The van der Waals surface area contributed by atoms with Crippen LogP contribution in [0.25, 0.3) is 0 Å². The molecule has 1 fully saturated rings. The number of likely N-dealkylation sites (tertiary alicyclic amines) is 1. The molecule has 1 unspecified atom stereocenters. The van der Waals surface area contributed by atoms with Crippen LogP contribution in [-0.4, -0.2) is 36.1 Å². The van der Waals surface area contributed by atoms with Crippen molar-refractivity contribution in [3.63, 3.8) is 0 Å². The molecular formula is C13H28N2. The highest BCUT2D eigenvalue weighted by Gasteiger charge is 2.31. The van der Waals surface area contributed by atoms with Gasteiger partial charge in [-0.05, 0) is 59.5 Å². The van der Waals surface area contributed by atoms with E-state index < -0.39 is 0 Å². The molecule has 0 radical (unpaired) electrons. The maximum atomic E-state index is 3.56. The summed E-state index contributed by atoms with van der Waals surface area (Å²) < 4.78 is 0. The van der Waals surface area contributed by atoms with Gasteiger partial charge in [0.2, 0.25) is 0 Å². The highest BCUT2D eigenvalue weighted by atomic mass is 15.2. The SMILES string of the molecule is CCCNC(C)CCN1CCCC1(C)C. The van der Waals surface area contributed by atoms with E-state index in [1.807, 2.05) is 0 Å². The molecule has 0 saturated carbocycles. The van der Waals surface area contributed by atoms with Gasteiger partial charge >= 0.3 is 0 Å². The van der Waals surface area contributed by atoms with E-state index >= 15 is 0 Å². The summed E-state index contributed by atoms with van der Waals surface area (Å²) in [6, 6.07) is 0.668. The molecule has 0 bridgehead atoms. The average molecular weight is 212 g/mol. The fourth-order valence-corrected chi connectivity index (χ4v) is 2.42. The van der Waals surface area contributed by atoms with Crippen molar-refractivity contribution in [2.45, 2.75) is 65.0 Å². The second-order valence-electron chi connectivity index (χ2n) is 5.55. The minimum absolute atomic E-state index is 0.449. The zero-order chi connectivity index (χ0) is 11.3. The van der Waals surface area contributed by atoms with Crippen LogP contribution in [0.5, 0.6) is 0 Å². The number of nitrogens with zero attached hydrogens (tertiary/aromatic N) is 1. The van der Waals surface area contributed by atoms with E-state index in [4.69, 9.17) is 0 Å². The molecule has 0 spiro atoms. The Labute approximate surface area is 95.4 Å². The van der Waals surface area contributed by atoms with Crippen molar-refractivity contribution in [1.29, 1.82) is 0 Å². The fourth-order valence-electron chi connectivity index (χ4n) is 2.42.